The maximum Gasteiger partial charge on any atom is 0.239 e. The number of rotatable bonds is 6. The molecule has 0 aliphatic carbocycles. The molecule has 0 unspecified atom stereocenters. The van der Waals surface area contributed by atoms with Crippen LogP contribution in [0.3, 0.4) is 0 Å². The van der Waals surface area contributed by atoms with E-state index in [1.807, 2.05) is 12.1 Å². The molecule has 0 radical (unpaired) electrons. The van der Waals surface area contributed by atoms with E-state index in [9.17, 15) is 0 Å². The van der Waals surface area contributed by atoms with Crippen LogP contribution in [-0.4, -0.2) is 18.1 Å². The van der Waals surface area contributed by atoms with Crippen molar-refractivity contribution >= 4 is 11.5 Å². The van der Waals surface area contributed by atoms with Crippen molar-refractivity contribution in [1.29, 1.82) is 0 Å². The van der Waals surface area contributed by atoms with Crippen molar-refractivity contribution in [3.63, 3.8) is 0 Å². The Morgan fingerprint density at radius 2 is 2.06 bits per heavy atom. The summed E-state index contributed by atoms with van der Waals surface area (Å²) in [4.78, 5) is 4.37. The standard InChI is InChI=1S/C14H25N3O/c1-5-10-18-13-11(15)6-7-12(17-13)16-9-8-14(2,3)4/h6-7H,5,8-10,15H2,1-4H3,(H,16,17). The number of nitrogens with two attached hydrogens (primary N) is 1. The summed E-state index contributed by atoms with van der Waals surface area (Å²) in [7, 11) is 0. The van der Waals surface area contributed by atoms with Gasteiger partial charge in [0.05, 0.1) is 12.3 Å². The highest BCUT2D eigenvalue weighted by Crippen LogP contribution is 2.22. The molecule has 0 aliphatic heterocycles. The average Bonchev–Trinajstić information content (AvgIpc) is 2.28. The average molecular weight is 251 g/mol. The molecule has 0 saturated heterocycles. The smallest absolute Gasteiger partial charge is 0.239 e. The van der Waals surface area contributed by atoms with Crippen molar-refractivity contribution in [3.8, 4) is 5.88 Å². The zero-order valence-corrected chi connectivity index (χ0v) is 11.9. The number of hydrogen-bond acceptors (Lipinski definition) is 4. The lowest BCUT2D eigenvalue weighted by Gasteiger charge is -2.18. The quantitative estimate of drug-likeness (QED) is 0.814. The summed E-state index contributed by atoms with van der Waals surface area (Å²) in [6.45, 7) is 10.3. The Morgan fingerprint density at radius 1 is 1.33 bits per heavy atom. The maximum atomic E-state index is 5.81. The zero-order chi connectivity index (χ0) is 13.6. The number of pyridine rings is 1. The van der Waals surface area contributed by atoms with Crippen molar-refractivity contribution < 1.29 is 4.74 Å². The summed E-state index contributed by atoms with van der Waals surface area (Å²) >= 11 is 0. The summed E-state index contributed by atoms with van der Waals surface area (Å²) in [6, 6.07) is 3.72. The van der Waals surface area contributed by atoms with Gasteiger partial charge in [0.15, 0.2) is 0 Å². The molecule has 0 amide bonds. The Morgan fingerprint density at radius 3 is 2.67 bits per heavy atom. The minimum Gasteiger partial charge on any atom is -0.476 e. The summed E-state index contributed by atoms with van der Waals surface area (Å²) in [5.41, 5.74) is 6.72. The van der Waals surface area contributed by atoms with E-state index in [4.69, 9.17) is 10.5 Å². The molecule has 0 fully saturated rings. The first-order valence-corrected chi connectivity index (χ1v) is 6.55. The highest BCUT2D eigenvalue weighted by Gasteiger charge is 2.10. The van der Waals surface area contributed by atoms with Crippen molar-refractivity contribution in [2.24, 2.45) is 5.41 Å². The molecule has 4 heteroatoms. The second-order valence-corrected chi connectivity index (χ2v) is 5.68. The summed E-state index contributed by atoms with van der Waals surface area (Å²) in [5.74, 6) is 1.34. The molecule has 3 N–H and O–H groups in total. The summed E-state index contributed by atoms with van der Waals surface area (Å²) in [6.07, 6.45) is 2.03. The van der Waals surface area contributed by atoms with E-state index in [0.717, 1.165) is 25.2 Å². The van der Waals surface area contributed by atoms with Gasteiger partial charge in [-0.2, -0.15) is 4.98 Å². The number of hydrogen-bond donors (Lipinski definition) is 2. The molecule has 1 aromatic rings. The molecule has 1 rings (SSSR count). The second-order valence-electron chi connectivity index (χ2n) is 5.68. The van der Waals surface area contributed by atoms with Crippen LogP contribution in [0.1, 0.15) is 40.5 Å². The van der Waals surface area contributed by atoms with Gasteiger partial charge in [0.25, 0.3) is 0 Å². The van der Waals surface area contributed by atoms with Crippen LogP contribution in [0, 0.1) is 5.41 Å². The van der Waals surface area contributed by atoms with Gasteiger partial charge in [0, 0.05) is 6.54 Å². The normalized spacial score (nSPS) is 11.3. The molecule has 1 heterocycles. The lowest BCUT2D eigenvalue weighted by molar-refractivity contribution is 0.307. The van der Waals surface area contributed by atoms with Crippen molar-refractivity contribution in [2.75, 3.05) is 24.2 Å². The first kappa shape index (κ1) is 14.6. The molecule has 102 valence electrons. The lowest BCUT2D eigenvalue weighted by atomic mass is 9.92. The fraction of sp³-hybridized carbons (Fsp3) is 0.643. The van der Waals surface area contributed by atoms with Crippen LogP contribution < -0.4 is 15.8 Å². The topological polar surface area (TPSA) is 60.2 Å². The van der Waals surface area contributed by atoms with Gasteiger partial charge < -0.3 is 15.8 Å². The minimum absolute atomic E-state index is 0.322. The third-order valence-electron chi connectivity index (χ3n) is 2.51. The van der Waals surface area contributed by atoms with Gasteiger partial charge in [-0.15, -0.1) is 0 Å². The second kappa shape index (κ2) is 6.47. The number of ether oxygens (including phenoxy) is 1. The van der Waals surface area contributed by atoms with Crippen LogP contribution in [-0.2, 0) is 0 Å². The van der Waals surface area contributed by atoms with E-state index in [2.05, 4.69) is 38.0 Å². The number of anilines is 2. The Balaban J connectivity index is 2.56. The Labute approximate surface area is 110 Å². The molecule has 0 saturated carbocycles. The van der Waals surface area contributed by atoms with Gasteiger partial charge in [0.2, 0.25) is 5.88 Å². The van der Waals surface area contributed by atoms with Crippen molar-refractivity contribution in [3.05, 3.63) is 12.1 Å². The van der Waals surface area contributed by atoms with Crippen LogP contribution in [0.5, 0.6) is 5.88 Å². The van der Waals surface area contributed by atoms with E-state index in [0.29, 0.717) is 23.6 Å². The molecular weight excluding hydrogens is 226 g/mol. The molecule has 0 atom stereocenters. The predicted octanol–water partition coefficient (Wildman–Crippen LogP) is 3.30. The number of nitrogens with one attached hydrogen (secondary N) is 1. The molecule has 0 bridgehead atoms. The minimum atomic E-state index is 0.322. The van der Waals surface area contributed by atoms with Crippen LogP contribution in [0.4, 0.5) is 11.5 Å². The molecule has 0 spiro atoms. The number of nitrogen functional groups attached to an aromatic ring is 1. The summed E-state index contributed by atoms with van der Waals surface area (Å²) < 4.78 is 5.50. The van der Waals surface area contributed by atoms with Gasteiger partial charge in [0.1, 0.15) is 5.82 Å². The van der Waals surface area contributed by atoms with Gasteiger partial charge in [-0.3, -0.25) is 0 Å². The first-order valence-electron chi connectivity index (χ1n) is 6.55. The fourth-order valence-electron chi connectivity index (χ4n) is 1.43. The zero-order valence-electron chi connectivity index (χ0n) is 11.9. The van der Waals surface area contributed by atoms with Gasteiger partial charge in [-0.1, -0.05) is 27.7 Å². The fourth-order valence-corrected chi connectivity index (χ4v) is 1.43. The van der Waals surface area contributed by atoms with Gasteiger partial charge >= 0.3 is 0 Å². The van der Waals surface area contributed by atoms with E-state index in [1.54, 1.807) is 0 Å². The Hall–Kier alpha value is -1.45. The molecule has 1 aromatic heterocycles. The first-order chi connectivity index (χ1) is 8.42. The predicted molar refractivity (Wildman–Crippen MR) is 77.0 cm³/mol. The highest BCUT2D eigenvalue weighted by molar-refractivity contribution is 5.53. The van der Waals surface area contributed by atoms with Crippen LogP contribution in [0.25, 0.3) is 0 Å². The van der Waals surface area contributed by atoms with Crippen molar-refractivity contribution in [1.82, 2.24) is 4.98 Å². The number of nitrogens with zero attached hydrogens (tertiary/aromatic N) is 1. The maximum absolute atomic E-state index is 5.81. The summed E-state index contributed by atoms with van der Waals surface area (Å²) in [5, 5.41) is 3.30. The molecule has 18 heavy (non-hydrogen) atoms. The van der Waals surface area contributed by atoms with Crippen LogP contribution >= 0.6 is 0 Å². The largest absolute Gasteiger partial charge is 0.476 e. The van der Waals surface area contributed by atoms with Crippen LogP contribution in [0.15, 0.2) is 12.1 Å². The van der Waals surface area contributed by atoms with E-state index < -0.39 is 0 Å². The SMILES string of the molecule is CCCOc1nc(NCCC(C)(C)C)ccc1N. The Bertz CT molecular complexity index is 372. The molecule has 4 nitrogen and oxygen atoms in total. The van der Waals surface area contributed by atoms with Gasteiger partial charge in [-0.25, -0.2) is 0 Å². The van der Waals surface area contributed by atoms with E-state index in [-0.39, 0.29) is 0 Å². The Kier molecular flexibility index (Phi) is 5.25. The monoisotopic (exact) mass is 251 g/mol. The molecular formula is C14H25N3O. The van der Waals surface area contributed by atoms with Crippen molar-refractivity contribution in [2.45, 2.75) is 40.5 Å². The van der Waals surface area contributed by atoms with Gasteiger partial charge in [-0.05, 0) is 30.4 Å². The molecule has 0 aliphatic rings. The third-order valence-corrected chi connectivity index (χ3v) is 2.51. The van der Waals surface area contributed by atoms with E-state index in [1.165, 1.54) is 0 Å². The third kappa shape index (κ3) is 5.25. The van der Waals surface area contributed by atoms with E-state index >= 15 is 0 Å². The molecule has 0 aromatic carbocycles. The van der Waals surface area contributed by atoms with Crippen LogP contribution in [0.2, 0.25) is 0 Å². The lowest BCUT2D eigenvalue weighted by Crippen LogP contribution is -2.13. The highest BCUT2D eigenvalue weighted by atomic mass is 16.5. The number of aromatic nitrogens is 1.